The first kappa shape index (κ1) is 27.9. The highest BCUT2D eigenvalue weighted by molar-refractivity contribution is 6.74. The molecule has 0 fully saturated rings. The van der Waals surface area contributed by atoms with Crippen LogP contribution in [0.1, 0.15) is 43.6 Å². The number of carbonyl (C=O) groups is 2. The smallest absolute Gasteiger partial charge is 0.269 e. The maximum Gasteiger partial charge on any atom is 0.269 e. The third kappa shape index (κ3) is 7.30. The Morgan fingerprint density at radius 2 is 1.77 bits per heavy atom. The molecule has 0 bridgehead atoms. The second-order valence-electron chi connectivity index (χ2n) is 9.62. The molecular weight excluding hydrogens is 482 g/mol. The first-order valence-corrected chi connectivity index (χ1v) is 14.3. The Morgan fingerprint density at radius 1 is 1.14 bits per heavy atom. The molecule has 0 spiro atoms. The molecular formula is C25H30ClN5O3Si. The van der Waals surface area contributed by atoms with Crippen LogP contribution in [-0.4, -0.2) is 32.3 Å². The van der Waals surface area contributed by atoms with Crippen molar-refractivity contribution >= 4 is 43.1 Å². The molecule has 0 aliphatic carbocycles. The second kappa shape index (κ2) is 11.4. The Balaban J connectivity index is 2.23. The van der Waals surface area contributed by atoms with Gasteiger partial charge in [0.05, 0.1) is 24.3 Å². The fourth-order valence-corrected chi connectivity index (χ4v) is 4.58. The van der Waals surface area contributed by atoms with Gasteiger partial charge >= 0.3 is 0 Å². The molecule has 0 radical (unpaired) electrons. The van der Waals surface area contributed by atoms with E-state index in [0.29, 0.717) is 22.5 Å². The number of hydrazine groups is 1. The average Bonchev–Trinajstić information content (AvgIpc) is 2.79. The third-order valence-corrected chi connectivity index (χ3v) is 10.9. The zero-order valence-electron chi connectivity index (χ0n) is 20.7. The largest absolute Gasteiger partial charge is 0.412 e. The molecule has 0 aromatic heterocycles. The van der Waals surface area contributed by atoms with Gasteiger partial charge in [0.2, 0.25) is 5.69 Å². The second-order valence-corrected chi connectivity index (χ2v) is 14.8. The molecule has 2 aromatic rings. The number of benzene rings is 2. The van der Waals surface area contributed by atoms with E-state index < -0.39 is 32.3 Å². The number of anilines is 1. The molecule has 8 nitrogen and oxygen atoms in total. The van der Waals surface area contributed by atoms with Crippen molar-refractivity contribution in [3.05, 3.63) is 70.0 Å². The summed E-state index contributed by atoms with van der Waals surface area (Å²) in [5, 5.41) is 12.2. The summed E-state index contributed by atoms with van der Waals surface area (Å²) in [5.41, 5.74) is 6.42. The fourth-order valence-electron chi connectivity index (χ4n) is 2.94. The summed E-state index contributed by atoms with van der Waals surface area (Å²) in [6.07, 6.45) is -0.554. The van der Waals surface area contributed by atoms with Gasteiger partial charge in [0.1, 0.15) is 6.04 Å². The van der Waals surface area contributed by atoms with Crippen LogP contribution in [-0.2, 0) is 9.22 Å². The summed E-state index contributed by atoms with van der Waals surface area (Å²) >= 11 is 6.17. The molecule has 0 saturated heterocycles. The Bertz CT molecular complexity index is 1160. The molecule has 2 atom stereocenters. The van der Waals surface area contributed by atoms with Gasteiger partial charge in [-0.2, -0.15) is 5.26 Å². The van der Waals surface area contributed by atoms with E-state index in [1.165, 1.54) is 24.3 Å². The molecule has 0 saturated carbocycles. The van der Waals surface area contributed by atoms with Crippen molar-refractivity contribution in [2.75, 3.05) is 5.32 Å². The highest BCUT2D eigenvalue weighted by Crippen LogP contribution is 2.38. The average molecular weight is 512 g/mol. The molecule has 184 valence electrons. The minimum Gasteiger partial charge on any atom is -0.412 e. The van der Waals surface area contributed by atoms with E-state index >= 15 is 0 Å². The monoisotopic (exact) mass is 511 g/mol. The van der Waals surface area contributed by atoms with Gasteiger partial charge in [-0.3, -0.25) is 20.4 Å². The number of rotatable bonds is 7. The van der Waals surface area contributed by atoms with Crippen molar-refractivity contribution in [2.24, 2.45) is 0 Å². The topological polar surface area (TPSA) is 108 Å². The van der Waals surface area contributed by atoms with Crippen molar-refractivity contribution in [1.82, 2.24) is 10.9 Å². The number of amides is 2. The summed E-state index contributed by atoms with van der Waals surface area (Å²) < 4.78 is 6.44. The third-order valence-electron chi connectivity index (χ3n) is 6.00. The molecule has 3 N–H and O–H groups in total. The Kier molecular flexibility index (Phi) is 9.05. The first-order valence-electron chi connectivity index (χ1n) is 11.0. The van der Waals surface area contributed by atoms with Gasteiger partial charge in [0.25, 0.3) is 11.8 Å². The number of halogens is 1. The lowest BCUT2D eigenvalue weighted by atomic mass is 10.1. The van der Waals surface area contributed by atoms with Crippen molar-refractivity contribution in [1.29, 1.82) is 5.26 Å². The van der Waals surface area contributed by atoms with Crippen LogP contribution >= 0.6 is 11.6 Å². The van der Waals surface area contributed by atoms with E-state index in [9.17, 15) is 9.59 Å². The quantitative estimate of drug-likeness (QED) is 0.261. The zero-order valence-corrected chi connectivity index (χ0v) is 22.4. The number of nitrogens with one attached hydrogen (secondary N) is 3. The number of carbonyl (C=O) groups excluding carboxylic acids is 2. The van der Waals surface area contributed by atoms with Crippen LogP contribution in [0.5, 0.6) is 0 Å². The molecule has 0 aliphatic heterocycles. The van der Waals surface area contributed by atoms with Crippen LogP contribution < -0.4 is 16.2 Å². The minimum atomic E-state index is -2.23. The van der Waals surface area contributed by atoms with Gasteiger partial charge in [-0.15, -0.1) is 0 Å². The van der Waals surface area contributed by atoms with Crippen LogP contribution in [0.25, 0.3) is 4.85 Å². The SMILES string of the molecule is [C-]#[N+]c1ccc(N[C@@H](C(=O)NNC(=O)c2ccc(C#N)cc2)C(C)O[Si](C)(C)C(C)(C)C)cc1Cl. The summed E-state index contributed by atoms with van der Waals surface area (Å²) in [7, 11) is -2.23. The van der Waals surface area contributed by atoms with Crippen LogP contribution in [0.4, 0.5) is 11.4 Å². The Hall–Kier alpha value is -3.37. The lowest BCUT2D eigenvalue weighted by Gasteiger charge is -2.40. The number of hydrogen-bond donors (Lipinski definition) is 3. The van der Waals surface area contributed by atoms with Gasteiger partial charge in [0, 0.05) is 16.3 Å². The van der Waals surface area contributed by atoms with Crippen molar-refractivity contribution in [3.8, 4) is 6.07 Å². The van der Waals surface area contributed by atoms with Crippen molar-refractivity contribution in [3.63, 3.8) is 0 Å². The minimum absolute atomic E-state index is 0.0767. The van der Waals surface area contributed by atoms with E-state index in [0.717, 1.165) is 0 Å². The molecule has 2 aromatic carbocycles. The van der Waals surface area contributed by atoms with Gasteiger partial charge in [-0.1, -0.05) is 38.4 Å². The first-order chi connectivity index (χ1) is 16.3. The van der Waals surface area contributed by atoms with Crippen LogP contribution in [0.15, 0.2) is 42.5 Å². The van der Waals surface area contributed by atoms with E-state index in [1.54, 1.807) is 25.1 Å². The predicted molar refractivity (Wildman–Crippen MR) is 140 cm³/mol. The predicted octanol–water partition coefficient (Wildman–Crippen LogP) is 5.41. The molecule has 2 amide bonds. The number of nitriles is 1. The highest BCUT2D eigenvalue weighted by atomic mass is 35.5. The summed E-state index contributed by atoms with van der Waals surface area (Å²) in [4.78, 5) is 29.0. The molecule has 0 aliphatic rings. The molecule has 0 heterocycles. The van der Waals surface area contributed by atoms with Crippen LogP contribution in [0.2, 0.25) is 23.2 Å². The highest BCUT2D eigenvalue weighted by Gasteiger charge is 2.41. The maximum absolute atomic E-state index is 13.2. The van der Waals surface area contributed by atoms with Crippen molar-refractivity contribution < 1.29 is 14.0 Å². The molecule has 35 heavy (non-hydrogen) atoms. The standard InChI is InChI=1S/C25H30ClN5O3Si/c1-16(34-35(6,7)25(2,3)4)22(29-19-12-13-21(28-5)20(26)14-19)24(33)31-30-23(32)18-10-8-17(15-27)9-11-18/h8-14,16,22,29H,1-4,6-7H3,(H,30,32)(H,31,33)/t16?,22-/m1/s1. The number of hydrogen-bond acceptors (Lipinski definition) is 5. The lowest BCUT2D eigenvalue weighted by molar-refractivity contribution is -0.124. The lowest BCUT2D eigenvalue weighted by Crippen LogP contribution is -2.55. The molecule has 10 heteroatoms. The molecule has 1 unspecified atom stereocenters. The molecule has 2 rings (SSSR count). The maximum atomic E-state index is 13.2. The summed E-state index contributed by atoms with van der Waals surface area (Å²) in [5.74, 6) is -1.03. The number of nitrogens with zero attached hydrogens (tertiary/aromatic N) is 2. The van der Waals surface area contributed by atoms with E-state index in [1.807, 2.05) is 6.07 Å². The van der Waals surface area contributed by atoms with Crippen LogP contribution in [0, 0.1) is 17.9 Å². The van der Waals surface area contributed by atoms with Gasteiger partial charge in [-0.05, 0) is 61.5 Å². The Morgan fingerprint density at radius 3 is 2.29 bits per heavy atom. The zero-order chi connectivity index (χ0) is 26.4. The fraction of sp³-hybridized carbons (Fsp3) is 0.360. The summed E-state index contributed by atoms with van der Waals surface area (Å²) in [6.45, 7) is 19.5. The van der Waals surface area contributed by atoms with E-state index in [-0.39, 0.29) is 10.1 Å². The Labute approximate surface area is 212 Å². The van der Waals surface area contributed by atoms with Gasteiger partial charge in [0.15, 0.2) is 8.32 Å². The van der Waals surface area contributed by atoms with E-state index in [2.05, 4.69) is 54.9 Å². The summed E-state index contributed by atoms with van der Waals surface area (Å²) in [6, 6.07) is 12.0. The van der Waals surface area contributed by atoms with Crippen LogP contribution in [0.3, 0.4) is 0 Å². The van der Waals surface area contributed by atoms with Crippen molar-refractivity contribution in [2.45, 2.75) is 58.0 Å². The van der Waals surface area contributed by atoms with Gasteiger partial charge in [-0.25, -0.2) is 4.85 Å². The van der Waals surface area contributed by atoms with E-state index in [4.69, 9.17) is 27.9 Å². The van der Waals surface area contributed by atoms with Gasteiger partial charge < -0.3 is 9.74 Å². The normalized spacial score (nSPS) is 13.1.